The number of benzene rings is 2. The largest absolute Gasteiger partial charge is 0.368 e. The third kappa shape index (κ3) is 6.18. The molecule has 0 aliphatic carbocycles. The first-order chi connectivity index (χ1) is 12.0. The third-order valence-electron chi connectivity index (χ3n) is 3.45. The van der Waals surface area contributed by atoms with Crippen LogP contribution in [0.25, 0.3) is 0 Å². The highest BCUT2D eigenvalue weighted by molar-refractivity contribution is 14.1. The summed E-state index contributed by atoms with van der Waals surface area (Å²) < 4.78 is 1.03. The second kappa shape index (κ2) is 9.16. The van der Waals surface area contributed by atoms with Crippen molar-refractivity contribution in [3.05, 3.63) is 69.3 Å². The molecule has 0 aliphatic rings. The van der Waals surface area contributed by atoms with Crippen LogP contribution in [0.3, 0.4) is 0 Å². The molecule has 0 aromatic heterocycles. The first-order valence-corrected chi connectivity index (χ1v) is 8.70. The van der Waals surface area contributed by atoms with Gasteiger partial charge in [0.05, 0.1) is 6.54 Å². The Bertz CT molecular complexity index is 765. The van der Waals surface area contributed by atoms with Gasteiger partial charge in [-0.15, -0.1) is 0 Å². The number of rotatable bonds is 7. The quantitative estimate of drug-likeness (QED) is 0.553. The molecule has 7 heteroatoms. The van der Waals surface area contributed by atoms with Crippen molar-refractivity contribution < 1.29 is 14.4 Å². The average molecular weight is 451 g/mol. The molecule has 0 heterocycles. The van der Waals surface area contributed by atoms with Crippen LogP contribution in [0.2, 0.25) is 0 Å². The SMILES string of the molecule is NC(=O)[C@@H](Cc1cccc(I)c1)NC(=O)CNC(=O)c1ccccc1. The molecule has 4 N–H and O–H groups in total. The molecule has 2 rings (SSSR count). The van der Waals surface area contributed by atoms with Gasteiger partial charge >= 0.3 is 0 Å². The molecule has 3 amide bonds. The summed E-state index contributed by atoms with van der Waals surface area (Å²) in [5, 5.41) is 5.07. The summed E-state index contributed by atoms with van der Waals surface area (Å²) in [7, 11) is 0. The Morgan fingerprint density at radius 2 is 1.76 bits per heavy atom. The molecule has 0 radical (unpaired) electrons. The van der Waals surface area contributed by atoms with Gasteiger partial charge in [-0.05, 0) is 52.4 Å². The van der Waals surface area contributed by atoms with E-state index in [1.807, 2.05) is 24.3 Å². The predicted octanol–water partition coefficient (Wildman–Crippen LogP) is 1.23. The zero-order valence-electron chi connectivity index (χ0n) is 13.4. The van der Waals surface area contributed by atoms with E-state index in [1.54, 1.807) is 30.3 Å². The first kappa shape index (κ1) is 18.9. The number of carbonyl (C=O) groups excluding carboxylic acids is 3. The van der Waals surface area contributed by atoms with Crippen LogP contribution in [0, 0.1) is 3.57 Å². The minimum atomic E-state index is -0.834. The van der Waals surface area contributed by atoms with Crippen molar-refractivity contribution in [2.45, 2.75) is 12.5 Å². The van der Waals surface area contributed by atoms with Gasteiger partial charge in [0.25, 0.3) is 5.91 Å². The molecule has 1 atom stereocenters. The van der Waals surface area contributed by atoms with Crippen LogP contribution in [0.5, 0.6) is 0 Å². The fourth-order valence-corrected chi connectivity index (χ4v) is 2.83. The minimum absolute atomic E-state index is 0.232. The van der Waals surface area contributed by atoms with Gasteiger partial charge < -0.3 is 16.4 Å². The van der Waals surface area contributed by atoms with Gasteiger partial charge in [0.2, 0.25) is 11.8 Å². The molecule has 0 bridgehead atoms. The number of hydrogen-bond acceptors (Lipinski definition) is 3. The number of carbonyl (C=O) groups is 3. The van der Waals surface area contributed by atoms with Crippen molar-refractivity contribution in [3.63, 3.8) is 0 Å². The van der Waals surface area contributed by atoms with Gasteiger partial charge in [-0.25, -0.2) is 0 Å². The second-order valence-electron chi connectivity index (χ2n) is 5.41. The molecule has 6 nitrogen and oxygen atoms in total. The Labute approximate surface area is 159 Å². The normalized spacial score (nSPS) is 11.4. The molecule has 0 saturated carbocycles. The Hall–Kier alpha value is -2.42. The van der Waals surface area contributed by atoms with Gasteiger partial charge in [0.15, 0.2) is 0 Å². The summed E-state index contributed by atoms with van der Waals surface area (Å²) >= 11 is 2.17. The van der Waals surface area contributed by atoms with Crippen molar-refractivity contribution in [3.8, 4) is 0 Å². The lowest BCUT2D eigenvalue weighted by Gasteiger charge is -2.16. The van der Waals surface area contributed by atoms with Crippen molar-refractivity contribution >= 4 is 40.3 Å². The maximum absolute atomic E-state index is 12.0. The van der Waals surface area contributed by atoms with E-state index in [-0.39, 0.29) is 12.5 Å². The number of hydrogen-bond donors (Lipinski definition) is 3. The maximum atomic E-state index is 12.0. The standard InChI is InChI=1S/C18H18IN3O3/c19-14-8-4-5-12(9-14)10-15(17(20)24)22-16(23)11-21-18(25)13-6-2-1-3-7-13/h1-9,15H,10-11H2,(H2,20,24)(H,21,25)(H,22,23)/t15-/m1/s1. The molecular formula is C18H18IN3O3. The van der Waals surface area contributed by atoms with E-state index in [9.17, 15) is 14.4 Å². The summed E-state index contributed by atoms with van der Waals surface area (Å²) in [5.74, 6) is -1.45. The predicted molar refractivity (Wildman–Crippen MR) is 103 cm³/mol. The first-order valence-electron chi connectivity index (χ1n) is 7.62. The van der Waals surface area contributed by atoms with E-state index in [0.29, 0.717) is 12.0 Å². The van der Waals surface area contributed by atoms with Crippen LogP contribution in [-0.4, -0.2) is 30.3 Å². The lowest BCUT2D eigenvalue weighted by atomic mass is 10.1. The number of nitrogens with one attached hydrogen (secondary N) is 2. The van der Waals surface area contributed by atoms with Crippen molar-refractivity contribution in [1.29, 1.82) is 0 Å². The summed E-state index contributed by atoms with van der Waals surface area (Å²) in [5.41, 5.74) is 6.73. The highest BCUT2D eigenvalue weighted by Crippen LogP contribution is 2.10. The fourth-order valence-electron chi connectivity index (χ4n) is 2.22. The molecule has 25 heavy (non-hydrogen) atoms. The van der Waals surface area contributed by atoms with Gasteiger partial charge in [0, 0.05) is 15.6 Å². The molecule has 2 aromatic rings. The van der Waals surface area contributed by atoms with E-state index < -0.39 is 17.9 Å². The Kier molecular flexibility index (Phi) is 6.93. The van der Waals surface area contributed by atoms with E-state index in [1.165, 1.54) is 0 Å². The smallest absolute Gasteiger partial charge is 0.251 e. The van der Waals surface area contributed by atoms with Gasteiger partial charge in [-0.2, -0.15) is 0 Å². The average Bonchev–Trinajstić information content (AvgIpc) is 2.60. The zero-order valence-corrected chi connectivity index (χ0v) is 15.5. The van der Waals surface area contributed by atoms with Crippen LogP contribution in [0.4, 0.5) is 0 Å². The monoisotopic (exact) mass is 451 g/mol. The van der Waals surface area contributed by atoms with Crippen molar-refractivity contribution in [2.24, 2.45) is 5.73 Å². The molecule has 130 valence electrons. The summed E-state index contributed by atoms with van der Waals surface area (Å²) in [6, 6.07) is 15.3. The van der Waals surface area contributed by atoms with E-state index >= 15 is 0 Å². The summed E-state index contributed by atoms with van der Waals surface area (Å²) in [6.07, 6.45) is 0.296. The Balaban J connectivity index is 1.89. The fraction of sp³-hybridized carbons (Fsp3) is 0.167. The molecule has 0 unspecified atom stereocenters. The van der Waals surface area contributed by atoms with Crippen LogP contribution < -0.4 is 16.4 Å². The molecule has 0 aliphatic heterocycles. The van der Waals surface area contributed by atoms with Crippen LogP contribution in [0.1, 0.15) is 15.9 Å². The topological polar surface area (TPSA) is 101 Å². The Morgan fingerprint density at radius 1 is 1.04 bits per heavy atom. The van der Waals surface area contributed by atoms with E-state index in [4.69, 9.17) is 5.73 Å². The number of primary amides is 1. The highest BCUT2D eigenvalue weighted by Gasteiger charge is 2.19. The molecule has 0 spiro atoms. The van der Waals surface area contributed by atoms with Crippen LogP contribution in [-0.2, 0) is 16.0 Å². The number of amides is 3. The zero-order chi connectivity index (χ0) is 18.2. The molecular weight excluding hydrogens is 433 g/mol. The molecule has 2 aromatic carbocycles. The highest BCUT2D eigenvalue weighted by atomic mass is 127. The second-order valence-corrected chi connectivity index (χ2v) is 6.65. The Morgan fingerprint density at radius 3 is 2.40 bits per heavy atom. The van der Waals surface area contributed by atoms with Gasteiger partial charge in [-0.3, -0.25) is 14.4 Å². The lowest BCUT2D eigenvalue weighted by molar-refractivity contribution is -0.126. The molecule has 0 fully saturated rings. The van der Waals surface area contributed by atoms with Crippen molar-refractivity contribution in [2.75, 3.05) is 6.54 Å². The van der Waals surface area contributed by atoms with E-state index in [2.05, 4.69) is 33.2 Å². The van der Waals surface area contributed by atoms with E-state index in [0.717, 1.165) is 9.13 Å². The lowest BCUT2D eigenvalue weighted by Crippen LogP contribution is -2.49. The van der Waals surface area contributed by atoms with Crippen molar-refractivity contribution in [1.82, 2.24) is 10.6 Å². The number of halogens is 1. The number of nitrogens with two attached hydrogens (primary N) is 1. The van der Waals surface area contributed by atoms with Gasteiger partial charge in [0.1, 0.15) is 6.04 Å². The van der Waals surface area contributed by atoms with Gasteiger partial charge in [-0.1, -0.05) is 30.3 Å². The maximum Gasteiger partial charge on any atom is 0.251 e. The van der Waals surface area contributed by atoms with Crippen LogP contribution >= 0.6 is 22.6 Å². The molecule has 0 saturated heterocycles. The third-order valence-corrected chi connectivity index (χ3v) is 4.12. The summed E-state index contributed by atoms with van der Waals surface area (Å²) in [4.78, 5) is 35.5. The summed E-state index contributed by atoms with van der Waals surface area (Å²) in [6.45, 7) is -0.232. The van der Waals surface area contributed by atoms with Crippen LogP contribution in [0.15, 0.2) is 54.6 Å². The minimum Gasteiger partial charge on any atom is -0.368 e.